The lowest BCUT2D eigenvalue weighted by Gasteiger charge is -2.35. The molecular formula is C19H28IN5O. The summed E-state index contributed by atoms with van der Waals surface area (Å²) in [6.07, 6.45) is 3.96. The molecule has 2 aromatic rings. The zero-order valence-corrected chi connectivity index (χ0v) is 18.2. The fourth-order valence-corrected chi connectivity index (χ4v) is 3.29. The van der Waals surface area contributed by atoms with E-state index in [2.05, 4.69) is 52.4 Å². The lowest BCUT2D eigenvalue weighted by atomic mass is 10.00. The van der Waals surface area contributed by atoms with Crippen molar-refractivity contribution in [3.05, 3.63) is 52.8 Å². The molecule has 0 bridgehead atoms. The Morgan fingerprint density at radius 3 is 2.85 bits per heavy atom. The number of aromatic nitrogens is 2. The molecule has 26 heavy (non-hydrogen) atoms. The van der Waals surface area contributed by atoms with Gasteiger partial charge < -0.3 is 15.0 Å². The van der Waals surface area contributed by atoms with Crippen LogP contribution in [0, 0.1) is 13.8 Å². The van der Waals surface area contributed by atoms with E-state index >= 15 is 0 Å². The fraction of sp³-hybridized carbons (Fsp3) is 0.474. The van der Waals surface area contributed by atoms with Crippen molar-refractivity contribution in [2.75, 3.05) is 26.7 Å². The predicted molar refractivity (Wildman–Crippen MR) is 115 cm³/mol. The molecule has 142 valence electrons. The molecule has 1 aromatic carbocycles. The number of nitrogens with one attached hydrogen (secondary N) is 1. The van der Waals surface area contributed by atoms with Crippen molar-refractivity contribution >= 4 is 29.9 Å². The normalized spacial score (nSPS) is 17.8. The Hall–Kier alpha value is -1.61. The van der Waals surface area contributed by atoms with Crippen molar-refractivity contribution in [2.45, 2.75) is 26.5 Å². The monoisotopic (exact) mass is 469 g/mol. The van der Waals surface area contributed by atoms with Crippen LogP contribution in [-0.2, 0) is 18.3 Å². The third kappa shape index (κ3) is 4.97. The first kappa shape index (κ1) is 20.7. The lowest BCUT2D eigenvalue weighted by molar-refractivity contribution is -0.00834. The van der Waals surface area contributed by atoms with Crippen molar-refractivity contribution in [1.82, 2.24) is 20.0 Å². The summed E-state index contributed by atoms with van der Waals surface area (Å²) in [7, 11) is 3.75. The molecule has 0 spiro atoms. The summed E-state index contributed by atoms with van der Waals surface area (Å²) in [5.74, 6) is 0.905. The van der Waals surface area contributed by atoms with E-state index in [9.17, 15) is 0 Å². The molecule has 0 amide bonds. The minimum Gasteiger partial charge on any atom is -0.370 e. The maximum atomic E-state index is 6.04. The number of benzene rings is 1. The van der Waals surface area contributed by atoms with Gasteiger partial charge in [-0.25, -0.2) is 0 Å². The summed E-state index contributed by atoms with van der Waals surface area (Å²) in [4.78, 5) is 6.71. The number of aryl methyl sites for hydroxylation is 3. The van der Waals surface area contributed by atoms with E-state index in [0.29, 0.717) is 13.2 Å². The first-order valence-corrected chi connectivity index (χ1v) is 8.68. The van der Waals surface area contributed by atoms with Crippen LogP contribution in [0.25, 0.3) is 0 Å². The summed E-state index contributed by atoms with van der Waals surface area (Å²) in [6, 6.07) is 6.55. The molecule has 1 fully saturated rings. The first-order chi connectivity index (χ1) is 12.1. The zero-order chi connectivity index (χ0) is 17.8. The number of guanidine groups is 1. The van der Waals surface area contributed by atoms with E-state index in [4.69, 9.17) is 4.74 Å². The van der Waals surface area contributed by atoms with E-state index in [1.54, 1.807) is 0 Å². The third-order valence-electron chi connectivity index (χ3n) is 4.56. The summed E-state index contributed by atoms with van der Waals surface area (Å²) in [5, 5.41) is 7.64. The molecule has 0 aliphatic carbocycles. The number of aliphatic imine (C=N–C) groups is 1. The van der Waals surface area contributed by atoms with Gasteiger partial charge in [0.2, 0.25) is 0 Å². The molecule has 7 heteroatoms. The van der Waals surface area contributed by atoms with E-state index in [1.165, 1.54) is 16.7 Å². The molecular weight excluding hydrogens is 441 g/mol. The number of nitrogens with zero attached hydrogens (tertiary/aromatic N) is 4. The molecule has 3 rings (SSSR count). The Bertz CT molecular complexity index is 758. The van der Waals surface area contributed by atoms with Crippen LogP contribution in [-0.4, -0.2) is 47.4 Å². The fourth-order valence-electron chi connectivity index (χ4n) is 3.29. The number of hydrogen-bond donors (Lipinski definition) is 1. The summed E-state index contributed by atoms with van der Waals surface area (Å²) < 4.78 is 7.85. The summed E-state index contributed by atoms with van der Waals surface area (Å²) in [6.45, 7) is 7.33. The smallest absolute Gasteiger partial charge is 0.194 e. The molecule has 1 aliphatic rings. The van der Waals surface area contributed by atoms with Crippen molar-refractivity contribution < 1.29 is 4.74 Å². The minimum atomic E-state index is 0. The van der Waals surface area contributed by atoms with Gasteiger partial charge in [0.15, 0.2) is 5.96 Å². The molecule has 1 unspecified atom stereocenters. The second kappa shape index (κ2) is 9.36. The predicted octanol–water partition coefficient (Wildman–Crippen LogP) is 2.80. The SMILES string of the molecule is CN=C(NCc1cnn(C)c1)N1CCOC(c2ccc(C)cc2C)C1.I. The number of hydrogen-bond acceptors (Lipinski definition) is 3. The number of morpholine rings is 1. The van der Waals surface area contributed by atoms with Gasteiger partial charge in [0.05, 0.1) is 19.3 Å². The quantitative estimate of drug-likeness (QED) is 0.427. The average Bonchev–Trinajstić information content (AvgIpc) is 3.01. The van der Waals surface area contributed by atoms with Crippen molar-refractivity contribution in [3.63, 3.8) is 0 Å². The van der Waals surface area contributed by atoms with E-state index in [1.807, 2.05) is 31.2 Å². The van der Waals surface area contributed by atoms with Crippen LogP contribution in [0.15, 0.2) is 35.6 Å². The van der Waals surface area contributed by atoms with Crippen molar-refractivity contribution in [1.29, 1.82) is 0 Å². The second-order valence-electron chi connectivity index (χ2n) is 6.59. The topological polar surface area (TPSA) is 54.7 Å². The van der Waals surface area contributed by atoms with Gasteiger partial charge in [-0.05, 0) is 25.0 Å². The number of ether oxygens (including phenoxy) is 1. The van der Waals surface area contributed by atoms with E-state index < -0.39 is 0 Å². The van der Waals surface area contributed by atoms with Crippen LogP contribution in [0.2, 0.25) is 0 Å². The van der Waals surface area contributed by atoms with Crippen LogP contribution in [0.3, 0.4) is 0 Å². The third-order valence-corrected chi connectivity index (χ3v) is 4.56. The van der Waals surface area contributed by atoms with Crippen LogP contribution < -0.4 is 5.32 Å². The van der Waals surface area contributed by atoms with Gasteiger partial charge in [0, 0.05) is 38.9 Å². The van der Waals surface area contributed by atoms with Gasteiger partial charge in [-0.3, -0.25) is 9.67 Å². The van der Waals surface area contributed by atoms with Crippen molar-refractivity contribution in [3.8, 4) is 0 Å². The largest absolute Gasteiger partial charge is 0.370 e. The Kier molecular flexibility index (Phi) is 7.45. The van der Waals surface area contributed by atoms with Crippen LogP contribution in [0.4, 0.5) is 0 Å². The standard InChI is InChI=1S/C19H27N5O.HI/c1-14-5-6-17(15(2)9-14)18-13-24(7-8-25-18)19(20-3)21-10-16-11-22-23(4)12-16;/h5-6,9,11-12,18H,7-8,10,13H2,1-4H3,(H,20,21);1H. The Morgan fingerprint density at radius 1 is 1.38 bits per heavy atom. The highest BCUT2D eigenvalue weighted by Gasteiger charge is 2.25. The molecule has 1 atom stereocenters. The summed E-state index contributed by atoms with van der Waals surface area (Å²) in [5.41, 5.74) is 4.97. The minimum absolute atomic E-state index is 0. The Morgan fingerprint density at radius 2 is 2.19 bits per heavy atom. The van der Waals surface area contributed by atoms with Gasteiger partial charge in [0.1, 0.15) is 6.10 Å². The Labute approximate surface area is 172 Å². The maximum absolute atomic E-state index is 6.04. The highest BCUT2D eigenvalue weighted by Crippen LogP contribution is 2.25. The summed E-state index contributed by atoms with van der Waals surface area (Å²) >= 11 is 0. The lowest BCUT2D eigenvalue weighted by Crippen LogP contribution is -2.48. The van der Waals surface area contributed by atoms with Gasteiger partial charge in [-0.2, -0.15) is 5.10 Å². The van der Waals surface area contributed by atoms with Crippen LogP contribution in [0.5, 0.6) is 0 Å². The molecule has 1 aromatic heterocycles. The molecule has 0 saturated carbocycles. The molecule has 0 radical (unpaired) electrons. The van der Waals surface area contributed by atoms with Gasteiger partial charge >= 0.3 is 0 Å². The first-order valence-electron chi connectivity index (χ1n) is 8.68. The number of rotatable bonds is 3. The maximum Gasteiger partial charge on any atom is 0.194 e. The molecule has 2 heterocycles. The van der Waals surface area contributed by atoms with E-state index in [-0.39, 0.29) is 30.1 Å². The van der Waals surface area contributed by atoms with Gasteiger partial charge in [-0.1, -0.05) is 23.8 Å². The van der Waals surface area contributed by atoms with Crippen LogP contribution in [0.1, 0.15) is 28.4 Å². The highest BCUT2D eigenvalue weighted by molar-refractivity contribution is 14.0. The zero-order valence-electron chi connectivity index (χ0n) is 15.9. The van der Waals surface area contributed by atoms with Crippen molar-refractivity contribution in [2.24, 2.45) is 12.0 Å². The second-order valence-corrected chi connectivity index (χ2v) is 6.59. The molecule has 1 N–H and O–H groups in total. The highest BCUT2D eigenvalue weighted by atomic mass is 127. The molecule has 1 saturated heterocycles. The van der Waals surface area contributed by atoms with Gasteiger partial charge in [0.25, 0.3) is 0 Å². The molecule has 1 aliphatic heterocycles. The van der Waals surface area contributed by atoms with E-state index in [0.717, 1.165) is 24.6 Å². The number of halogens is 1. The Balaban J connectivity index is 0.00000243. The average molecular weight is 469 g/mol. The molecule has 6 nitrogen and oxygen atoms in total. The van der Waals surface area contributed by atoms with Gasteiger partial charge in [-0.15, -0.1) is 24.0 Å². The van der Waals surface area contributed by atoms with Crippen LogP contribution >= 0.6 is 24.0 Å².